The number of rotatable bonds is 5. The summed E-state index contributed by atoms with van der Waals surface area (Å²) in [6, 6.07) is 4.92. The minimum Gasteiger partial charge on any atom is -0.399 e. The maximum atomic E-state index is 11.9. The van der Waals surface area contributed by atoms with Gasteiger partial charge in [0.2, 0.25) is 0 Å². The Hall–Kier alpha value is -0.740. The van der Waals surface area contributed by atoms with Crippen LogP contribution in [-0.2, 0) is 15.6 Å². The van der Waals surface area contributed by atoms with E-state index in [1.165, 1.54) is 0 Å². The highest BCUT2D eigenvalue weighted by molar-refractivity contribution is 7.90. The maximum absolute atomic E-state index is 11.9. The predicted molar refractivity (Wildman–Crippen MR) is 72.8 cm³/mol. The van der Waals surface area contributed by atoms with Gasteiger partial charge in [0, 0.05) is 10.7 Å². The van der Waals surface area contributed by atoms with E-state index in [-0.39, 0.29) is 17.4 Å². The molecule has 17 heavy (non-hydrogen) atoms. The first-order chi connectivity index (χ1) is 7.84. The van der Waals surface area contributed by atoms with Crippen LogP contribution in [0, 0.1) is 5.92 Å². The molecular formula is C12H18ClNO2S. The van der Waals surface area contributed by atoms with E-state index in [0.29, 0.717) is 16.3 Å². The third-order valence-electron chi connectivity index (χ3n) is 2.69. The van der Waals surface area contributed by atoms with Gasteiger partial charge in [-0.3, -0.25) is 0 Å². The van der Waals surface area contributed by atoms with Gasteiger partial charge in [-0.05, 0) is 23.6 Å². The first kappa shape index (κ1) is 14.3. The third-order valence-corrected chi connectivity index (χ3v) is 4.87. The number of benzene rings is 1. The van der Waals surface area contributed by atoms with Gasteiger partial charge in [0.15, 0.2) is 9.84 Å². The van der Waals surface area contributed by atoms with Crippen LogP contribution in [0.2, 0.25) is 5.02 Å². The van der Waals surface area contributed by atoms with Crippen LogP contribution >= 0.6 is 11.6 Å². The molecule has 0 amide bonds. The van der Waals surface area contributed by atoms with E-state index in [1.54, 1.807) is 18.2 Å². The molecule has 0 aliphatic carbocycles. The van der Waals surface area contributed by atoms with E-state index in [9.17, 15) is 8.42 Å². The van der Waals surface area contributed by atoms with Gasteiger partial charge in [-0.15, -0.1) is 0 Å². The van der Waals surface area contributed by atoms with Crippen LogP contribution in [0.4, 0.5) is 5.69 Å². The SMILES string of the molecule is CCC(C)CS(=O)(=O)Cc1ccc(N)cc1Cl. The molecule has 0 spiro atoms. The second-order valence-electron chi connectivity index (χ2n) is 4.42. The molecule has 1 aromatic carbocycles. The summed E-state index contributed by atoms with van der Waals surface area (Å²) in [5.41, 5.74) is 6.71. The zero-order valence-electron chi connectivity index (χ0n) is 10.1. The van der Waals surface area contributed by atoms with Crippen molar-refractivity contribution < 1.29 is 8.42 Å². The molecule has 1 aromatic rings. The monoisotopic (exact) mass is 275 g/mol. The first-order valence-corrected chi connectivity index (χ1v) is 7.78. The summed E-state index contributed by atoms with van der Waals surface area (Å²) < 4.78 is 23.8. The Balaban J connectivity index is 2.83. The molecule has 0 saturated carbocycles. The molecule has 1 atom stereocenters. The van der Waals surface area contributed by atoms with Crippen LogP contribution in [0.25, 0.3) is 0 Å². The maximum Gasteiger partial charge on any atom is 0.154 e. The van der Waals surface area contributed by atoms with Crippen LogP contribution in [0.5, 0.6) is 0 Å². The van der Waals surface area contributed by atoms with Gasteiger partial charge >= 0.3 is 0 Å². The third kappa shape index (κ3) is 4.56. The number of nitrogens with two attached hydrogens (primary N) is 1. The summed E-state index contributed by atoms with van der Waals surface area (Å²) in [6.07, 6.45) is 0.856. The van der Waals surface area contributed by atoms with E-state index >= 15 is 0 Å². The van der Waals surface area contributed by atoms with Crippen LogP contribution in [0.3, 0.4) is 0 Å². The normalized spacial score (nSPS) is 13.6. The lowest BCUT2D eigenvalue weighted by molar-refractivity contribution is 0.563. The van der Waals surface area contributed by atoms with Crippen molar-refractivity contribution in [2.24, 2.45) is 5.92 Å². The highest BCUT2D eigenvalue weighted by atomic mass is 35.5. The summed E-state index contributed by atoms with van der Waals surface area (Å²) in [5.74, 6) is 0.355. The van der Waals surface area contributed by atoms with Crippen LogP contribution < -0.4 is 5.73 Å². The van der Waals surface area contributed by atoms with Crippen molar-refractivity contribution in [3.05, 3.63) is 28.8 Å². The van der Waals surface area contributed by atoms with E-state index in [0.717, 1.165) is 6.42 Å². The number of halogens is 1. The number of anilines is 1. The van der Waals surface area contributed by atoms with Crippen molar-refractivity contribution in [2.75, 3.05) is 11.5 Å². The highest BCUT2D eigenvalue weighted by Crippen LogP contribution is 2.22. The fourth-order valence-corrected chi connectivity index (χ4v) is 3.81. The Labute approximate surface area is 108 Å². The van der Waals surface area contributed by atoms with Crippen molar-refractivity contribution in [1.29, 1.82) is 0 Å². The van der Waals surface area contributed by atoms with E-state index in [2.05, 4.69) is 0 Å². The topological polar surface area (TPSA) is 60.2 Å². The summed E-state index contributed by atoms with van der Waals surface area (Å²) >= 11 is 5.96. The summed E-state index contributed by atoms with van der Waals surface area (Å²) in [5, 5.41) is 0.415. The zero-order chi connectivity index (χ0) is 13.1. The predicted octanol–water partition coefficient (Wildman–Crippen LogP) is 2.88. The lowest BCUT2D eigenvalue weighted by Crippen LogP contribution is -2.15. The van der Waals surface area contributed by atoms with Gasteiger partial charge < -0.3 is 5.73 Å². The molecule has 0 aromatic heterocycles. The van der Waals surface area contributed by atoms with Crippen molar-refractivity contribution in [2.45, 2.75) is 26.0 Å². The highest BCUT2D eigenvalue weighted by Gasteiger charge is 2.17. The van der Waals surface area contributed by atoms with Crippen LogP contribution in [0.15, 0.2) is 18.2 Å². The van der Waals surface area contributed by atoms with Gasteiger partial charge in [-0.1, -0.05) is 37.9 Å². The molecule has 0 radical (unpaired) electrons. The van der Waals surface area contributed by atoms with E-state index in [4.69, 9.17) is 17.3 Å². The largest absolute Gasteiger partial charge is 0.399 e. The van der Waals surface area contributed by atoms with E-state index in [1.807, 2.05) is 13.8 Å². The number of hydrogen-bond acceptors (Lipinski definition) is 3. The summed E-state index contributed by atoms with van der Waals surface area (Å²) in [7, 11) is -3.11. The van der Waals surface area contributed by atoms with E-state index < -0.39 is 9.84 Å². The molecule has 0 heterocycles. The molecule has 1 unspecified atom stereocenters. The number of sulfone groups is 1. The molecule has 0 fully saturated rings. The lowest BCUT2D eigenvalue weighted by Gasteiger charge is -2.10. The minimum atomic E-state index is -3.11. The molecule has 5 heteroatoms. The van der Waals surface area contributed by atoms with Crippen molar-refractivity contribution in [3.8, 4) is 0 Å². The second-order valence-corrected chi connectivity index (χ2v) is 6.94. The molecule has 96 valence electrons. The standard InChI is InChI=1S/C12H18ClNO2S/c1-3-9(2)7-17(15,16)8-10-4-5-11(14)6-12(10)13/h4-6,9H,3,7-8,14H2,1-2H3. The molecule has 0 saturated heterocycles. The van der Waals surface area contributed by atoms with Gasteiger partial charge in [0.1, 0.15) is 0 Å². The fraction of sp³-hybridized carbons (Fsp3) is 0.500. The van der Waals surface area contributed by atoms with Crippen LogP contribution in [0.1, 0.15) is 25.8 Å². The average molecular weight is 276 g/mol. The quantitative estimate of drug-likeness (QED) is 0.841. The fourth-order valence-electron chi connectivity index (χ4n) is 1.53. The summed E-state index contributed by atoms with van der Waals surface area (Å²) in [6.45, 7) is 3.92. The van der Waals surface area contributed by atoms with Gasteiger partial charge in [-0.2, -0.15) is 0 Å². The number of hydrogen-bond donors (Lipinski definition) is 1. The van der Waals surface area contributed by atoms with Gasteiger partial charge in [0.05, 0.1) is 11.5 Å². The Morgan fingerprint density at radius 1 is 1.41 bits per heavy atom. The Morgan fingerprint density at radius 2 is 2.06 bits per heavy atom. The second kappa shape index (κ2) is 5.74. The lowest BCUT2D eigenvalue weighted by atomic mass is 10.2. The Bertz CT molecular complexity index is 485. The van der Waals surface area contributed by atoms with Gasteiger partial charge in [-0.25, -0.2) is 8.42 Å². The Morgan fingerprint density at radius 3 is 2.59 bits per heavy atom. The minimum absolute atomic E-state index is 0.0174. The molecule has 3 nitrogen and oxygen atoms in total. The molecule has 1 rings (SSSR count). The van der Waals surface area contributed by atoms with Crippen molar-refractivity contribution in [1.82, 2.24) is 0 Å². The molecule has 0 aliphatic rings. The molecular weight excluding hydrogens is 258 g/mol. The zero-order valence-corrected chi connectivity index (χ0v) is 11.7. The molecule has 0 bridgehead atoms. The Kier molecular flexibility index (Phi) is 4.83. The summed E-state index contributed by atoms with van der Waals surface area (Å²) in [4.78, 5) is 0. The van der Waals surface area contributed by atoms with Crippen molar-refractivity contribution >= 4 is 27.1 Å². The average Bonchev–Trinajstić information content (AvgIpc) is 2.21. The molecule has 0 aliphatic heterocycles. The first-order valence-electron chi connectivity index (χ1n) is 5.58. The smallest absolute Gasteiger partial charge is 0.154 e. The van der Waals surface area contributed by atoms with Crippen LogP contribution in [-0.4, -0.2) is 14.2 Å². The molecule has 2 N–H and O–H groups in total. The van der Waals surface area contributed by atoms with Gasteiger partial charge in [0.25, 0.3) is 0 Å². The van der Waals surface area contributed by atoms with Crippen molar-refractivity contribution in [3.63, 3.8) is 0 Å². The number of nitrogen functional groups attached to an aromatic ring is 1.